The summed E-state index contributed by atoms with van der Waals surface area (Å²) in [4.78, 5) is 7.64. The van der Waals surface area contributed by atoms with Crippen molar-refractivity contribution in [2.45, 2.75) is 6.92 Å². The summed E-state index contributed by atoms with van der Waals surface area (Å²) < 4.78 is 5.50. The van der Waals surface area contributed by atoms with Crippen molar-refractivity contribution in [3.05, 3.63) is 40.0 Å². The molecule has 0 saturated heterocycles. The zero-order valence-corrected chi connectivity index (χ0v) is 10.5. The maximum atomic E-state index is 5.99. The van der Waals surface area contributed by atoms with Crippen LogP contribution in [0.4, 0.5) is 5.95 Å². The minimum Gasteiger partial charge on any atom is -0.437 e. The molecule has 0 radical (unpaired) electrons. The Bertz CT molecular complexity index is 540. The molecule has 2 rings (SSSR count). The molecular formula is C11H9Cl2N3O. The summed E-state index contributed by atoms with van der Waals surface area (Å²) in [5, 5.41) is 0.709. The number of nitrogens with zero attached hydrogens (tertiary/aromatic N) is 2. The Kier molecular flexibility index (Phi) is 3.36. The summed E-state index contributed by atoms with van der Waals surface area (Å²) >= 11 is 11.7. The van der Waals surface area contributed by atoms with Crippen molar-refractivity contribution in [1.82, 2.24) is 9.97 Å². The number of aryl methyl sites for hydroxylation is 1. The van der Waals surface area contributed by atoms with E-state index < -0.39 is 0 Å². The number of nitrogens with two attached hydrogens (primary N) is 1. The van der Waals surface area contributed by atoms with E-state index in [2.05, 4.69) is 9.97 Å². The minimum absolute atomic E-state index is 0.0521. The van der Waals surface area contributed by atoms with Crippen LogP contribution < -0.4 is 10.5 Å². The second kappa shape index (κ2) is 4.77. The van der Waals surface area contributed by atoms with Gasteiger partial charge in [-0.1, -0.05) is 29.3 Å². The second-order valence-corrected chi connectivity index (χ2v) is 4.22. The van der Waals surface area contributed by atoms with Crippen molar-refractivity contribution in [1.29, 1.82) is 0 Å². The molecule has 0 aliphatic carbocycles. The summed E-state index contributed by atoms with van der Waals surface area (Å²) in [7, 11) is 0. The highest BCUT2D eigenvalue weighted by molar-refractivity contribution is 6.32. The zero-order chi connectivity index (χ0) is 12.4. The highest BCUT2D eigenvalue weighted by Gasteiger charge is 2.06. The van der Waals surface area contributed by atoms with Crippen LogP contribution in [0.5, 0.6) is 11.6 Å². The Balaban J connectivity index is 2.34. The topological polar surface area (TPSA) is 61.0 Å². The predicted octanol–water partition coefficient (Wildman–Crippen LogP) is 3.47. The van der Waals surface area contributed by atoms with Gasteiger partial charge in [-0.25, -0.2) is 4.98 Å². The average molecular weight is 270 g/mol. The lowest BCUT2D eigenvalue weighted by atomic mass is 10.2. The molecule has 1 aromatic carbocycles. The molecule has 1 aromatic heterocycles. The first-order valence-electron chi connectivity index (χ1n) is 4.78. The number of hydrogen-bond donors (Lipinski definition) is 1. The third-order valence-electron chi connectivity index (χ3n) is 1.99. The van der Waals surface area contributed by atoms with Crippen LogP contribution >= 0.6 is 23.2 Å². The van der Waals surface area contributed by atoms with Gasteiger partial charge >= 0.3 is 0 Å². The Morgan fingerprint density at radius 1 is 1.18 bits per heavy atom. The monoisotopic (exact) mass is 269 g/mol. The van der Waals surface area contributed by atoms with Crippen LogP contribution in [-0.2, 0) is 0 Å². The van der Waals surface area contributed by atoms with Crippen molar-refractivity contribution in [2.75, 3.05) is 5.73 Å². The number of nitrogen functional groups attached to an aromatic ring is 1. The summed E-state index contributed by atoms with van der Waals surface area (Å²) in [5.41, 5.74) is 6.49. The second-order valence-electron chi connectivity index (χ2n) is 3.42. The molecule has 1 heterocycles. The number of anilines is 1. The van der Waals surface area contributed by atoms with Gasteiger partial charge in [0.25, 0.3) is 0 Å². The van der Waals surface area contributed by atoms with Crippen LogP contribution in [0, 0.1) is 6.92 Å². The lowest BCUT2D eigenvalue weighted by molar-refractivity contribution is 0.462. The molecule has 0 atom stereocenters. The first-order chi connectivity index (χ1) is 8.04. The van der Waals surface area contributed by atoms with E-state index in [0.29, 0.717) is 10.8 Å². The molecule has 6 heteroatoms. The third-order valence-corrected chi connectivity index (χ3v) is 2.50. The molecule has 0 fully saturated rings. The molecule has 0 amide bonds. The average Bonchev–Trinajstić information content (AvgIpc) is 2.22. The number of ether oxygens (including phenoxy) is 1. The summed E-state index contributed by atoms with van der Waals surface area (Å²) in [6, 6.07) is 6.90. The number of rotatable bonds is 2. The summed E-state index contributed by atoms with van der Waals surface area (Å²) in [6.45, 7) is 1.94. The van der Waals surface area contributed by atoms with Crippen LogP contribution in [0.1, 0.15) is 5.56 Å². The van der Waals surface area contributed by atoms with Crippen LogP contribution in [-0.4, -0.2) is 9.97 Å². The largest absolute Gasteiger partial charge is 0.437 e. The minimum atomic E-state index is 0.0521. The molecule has 4 nitrogen and oxygen atoms in total. The molecule has 0 aliphatic rings. The van der Waals surface area contributed by atoms with Gasteiger partial charge in [-0.2, -0.15) is 4.98 Å². The van der Waals surface area contributed by atoms with E-state index in [-0.39, 0.29) is 17.0 Å². The first kappa shape index (κ1) is 12.0. The van der Waals surface area contributed by atoms with Crippen molar-refractivity contribution < 1.29 is 4.74 Å². The van der Waals surface area contributed by atoms with E-state index in [4.69, 9.17) is 33.7 Å². The van der Waals surface area contributed by atoms with Crippen molar-refractivity contribution >= 4 is 29.2 Å². The van der Waals surface area contributed by atoms with Gasteiger partial charge < -0.3 is 10.5 Å². The van der Waals surface area contributed by atoms with E-state index in [1.165, 1.54) is 6.07 Å². The highest BCUT2D eigenvalue weighted by atomic mass is 35.5. The van der Waals surface area contributed by atoms with Gasteiger partial charge in [-0.15, -0.1) is 0 Å². The van der Waals surface area contributed by atoms with E-state index in [0.717, 1.165) is 5.56 Å². The van der Waals surface area contributed by atoms with E-state index >= 15 is 0 Å². The Morgan fingerprint density at radius 3 is 2.65 bits per heavy atom. The molecule has 2 N–H and O–H groups in total. The van der Waals surface area contributed by atoms with Crippen LogP contribution in [0.15, 0.2) is 24.3 Å². The van der Waals surface area contributed by atoms with Gasteiger partial charge in [-0.3, -0.25) is 0 Å². The lowest BCUT2D eigenvalue weighted by Crippen LogP contribution is -1.97. The third kappa shape index (κ3) is 2.99. The normalized spacial score (nSPS) is 10.3. The molecule has 0 saturated carbocycles. The van der Waals surface area contributed by atoms with E-state index in [9.17, 15) is 0 Å². The lowest BCUT2D eigenvalue weighted by Gasteiger charge is -2.07. The molecule has 0 aliphatic heterocycles. The molecular weight excluding hydrogens is 261 g/mol. The van der Waals surface area contributed by atoms with Gasteiger partial charge in [0.15, 0.2) is 0 Å². The first-order valence-corrected chi connectivity index (χ1v) is 5.54. The SMILES string of the molecule is Cc1ccc(Cl)c(Oc2cc(Cl)nc(N)n2)c1. The Morgan fingerprint density at radius 2 is 1.94 bits per heavy atom. The number of hydrogen-bond acceptors (Lipinski definition) is 4. The molecule has 0 bridgehead atoms. The maximum absolute atomic E-state index is 5.99. The number of benzene rings is 1. The summed E-state index contributed by atoms with van der Waals surface area (Å²) in [6.07, 6.45) is 0. The molecule has 0 unspecified atom stereocenters. The fourth-order valence-electron chi connectivity index (χ4n) is 1.27. The van der Waals surface area contributed by atoms with E-state index in [1.54, 1.807) is 12.1 Å². The van der Waals surface area contributed by atoms with Gasteiger partial charge in [0.05, 0.1) is 5.02 Å². The summed E-state index contributed by atoms with van der Waals surface area (Å²) in [5.74, 6) is 0.812. The highest BCUT2D eigenvalue weighted by Crippen LogP contribution is 2.30. The Labute approximate surface area is 108 Å². The van der Waals surface area contributed by atoms with E-state index in [1.807, 2.05) is 13.0 Å². The standard InChI is InChI=1S/C11H9Cl2N3O/c1-6-2-3-7(12)8(4-6)17-10-5-9(13)15-11(14)16-10/h2-5H,1H3,(H2,14,15,16). The van der Waals surface area contributed by atoms with Gasteiger partial charge in [-0.05, 0) is 24.6 Å². The van der Waals surface area contributed by atoms with Crippen molar-refractivity contribution in [2.24, 2.45) is 0 Å². The van der Waals surface area contributed by atoms with Crippen molar-refractivity contribution in [3.63, 3.8) is 0 Å². The maximum Gasteiger partial charge on any atom is 0.225 e. The van der Waals surface area contributed by atoms with Crippen LogP contribution in [0.2, 0.25) is 10.2 Å². The smallest absolute Gasteiger partial charge is 0.225 e. The Hall–Kier alpha value is -1.52. The quantitative estimate of drug-likeness (QED) is 0.849. The zero-order valence-electron chi connectivity index (χ0n) is 8.95. The fourth-order valence-corrected chi connectivity index (χ4v) is 1.60. The number of aromatic nitrogens is 2. The predicted molar refractivity (Wildman–Crippen MR) is 67.7 cm³/mol. The van der Waals surface area contributed by atoms with Crippen molar-refractivity contribution in [3.8, 4) is 11.6 Å². The number of halogens is 2. The van der Waals surface area contributed by atoms with Gasteiger partial charge in [0.2, 0.25) is 11.8 Å². The molecule has 2 aromatic rings. The molecule has 17 heavy (non-hydrogen) atoms. The van der Waals surface area contributed by atoms with Crippen LogP contribution in [0.25, 0.3) is 0 Å². The van der Waals surface area contributed by atoms with Gasteiger partial charge in [0.1, 0.15) is 10.9 Å². The van der Waals surface area contributed by atoms with Gasteiger partial charge in [0, 0.05) is 6.07 Å². The molecule has 0 spiro atoms. The molecule has 88 valence electrons. The fraction of sp³-hybridized carbons (Fsp3) is 0.0909. The van der Waals surface area contributed by atoms with Crippen LogP contribution in [0.3, 0.4) is 0 Å².